The van der Waals surface area contributed by atoms with E-state index in [1.54, 1.807) is 0 Å². The van der Waals surface area contributed by atoms with Gasteiger partial charge in [-0.3, -0.25) is 4.79 Å². The number of carbonyl (C=O) groups is 1. The Kier molecular flexibility index (Phi) is 10.7. The lowest BCUT2D eigenvalue weighted by atomic mass is 10.0. The van der Waals surface area contributed by atoms with Gasteiger partial charge in [-0.1, -0.05) is 84.0 Å². The molecule has 2 nitrogen and oxygen atoms in total. The molecule has 1 atom stereocenters. The predicted molar refractivity (Wildman–Crippen MR) is 84.8 cm³/mol. The summed E-state index contributed by atoms with van der Waals surface area (Å²) in [6.07, 6.45) is 20.1. The molecule has 0 aromatic rings. The molecule has 1 saturated heterocycles. The fraction of sp³-hybridized carbons (Fsp3) is 0.944. The van der Waals surface area contributed by atoms with E-state index in [0.29, 0.717) is 6.42 Å². The van der Waals surface area contributed by atoms with Crippen LogP contribution >= 0.6 is 0 Å². The van der Waals surface area contributed by atoms with Gasteiger partial charge in [0, 0.05) is 0 Å². The van der Waals surface area contributed by atoms with Crippen molar-refractivity contribution in [3.8, 4) is 0 Å². The van der Waals surface area contributed by atoms with Gasteiger partial charge >= 0.3 is 5.97 Å². The van der Waals surface area contributed by atoms with Crippen LogP contribution in [0.3, 0.4) is 0 Å². The van der Waals surface area contributed by atoms with E-state index in [4.69, 9.17) is 4.74 Å². The van der Waals surface area contributed by atoms with Gasteiger partial charge in [0.2, 0.25) is 0 Å². The number of cyclic esters (lactones) is 1. The van der Waals surface area contributed by atoms with E-state index in [1.807, 2.05) is 0 Å². The second-order valence-corrected chi connectivity index (χ2v) is 6.35. The van der Waals surface area contributed by atoms with Crippen LogP contribution in [-0.4, -0.2) is 12.1 Å². The van der Waals surface area contributed by atoms with Gasteiger partial charge in [-0.05, 0) is 12.8 Å². The maximum atomic E-state index is 10.6. The fourth-order valence-electron chi connectivity index (χ4n) is 2.91. The van der Waals surface area contributed by atoms with Crippen LogP contribution in [0.1, 0.15) is 103 Å². The number of hydrogen-bond donors (Lipinski definition) is 0. The molecule has 1 aliphatic rings. The van der Waals surface area contributed by atoms with Crippen LogP contribution in [0.15, 0.2) is 0 Å². The number of hydrogen-bond acceptors (Lipinski definition) is 2. The van der Waals surface area contributed by atoms with E-state index >= 15 is 0 Å². The largest absolute Gasteiger partial charge is 0.462 e. The lowest BCUT2D eigenvalue weighted by Crippen LogP contribution is -2.32. The third-order valence-corrected chi connectivity index (χ3v) is 4.32. The average molecular weight is 282 g/mol. The van der Waals surface area contributed by atoms with Gasteiger partial charge in [0.05, 0.1) is 6.42 Å². The maximum absolute atomic E-state index is 10.6. The standard InChI is InChI=1S/C18H34O2/c1-2-3-4-5-6-7-8-9-10-11-12-13-14-15-17-16-18(19)20-17/h17H,2-16H2,1H3. The van der Waals surface area contributed by atoms with Crippen LogP contribution in [0.4, 0.5) is 0 Å². The van der Waals surface area contributed by atoms with Crippen LogP contribution in [0, 0.1) is 0 Å². The Hall–Kier alpha value is -0.530. The van der Waals surface area contributed by atoms with Gasteiger partial charge in [-0.25, -0.2) is 0 Å². The third kappa shape index (κ3) is 9.39. The Morgan fingerprint density at radius 3 is 1.60 bits per heavy atom. The Bertz CT molecular complexity index is 230. The predicted octanol–water partition coefficient (Wildman–Crippen LogP) is 5.78. The van der Waals surface area contributed by atoms with E-state index < -0.39 is 0 Å². The van der Waals surface area contributed by atoms with Crippen LogP contribution < -0.4 is 0 Å². The van der Waals surface area contributed by atoms with Gasteiger partial charge in [0.25, 0.3) is 0 Å². The number of carbonyl (C=O) groups excluding carboxylic acids is 1. The summed E-state index contributed by atoms with van der Waals surface area (Å²) in [5, 5.41) is 0. The van der Waals surface area contributed by atoms with Crippen molar-refractivity contribution in [3.05, 3.63) is 0 Å². The molecule has 0 N–H and O–H groups in total. The second-order valence-electron chi connectivity index (χ2n) is 6.35. The van der Waals surface area contributed by atoms with Gasteiger partial charge < -0.3 is 4.74 Å². The minimum absolute atomic E-state index is 0.00954. The van der Waals surface area contributed by atoms with Crippen molar-refractivity contribution in [2.75, 3.05) is 0 Å². The first kappa shape index (κ1) is 17.5. The van der Waals surface area contributed by atoms with Crippen molar-refractivity contribution in [3.63, 3.8) is 0 Å². The van der Waals surface area contributed by atoms with Crippen LogP contribution in [-0.2, 0) is 9.53 Å². The SMILES string of the molecule is CCCCCCCCCCCCCCCC1CC(=O)O1. The number of unbranched alkanes of at least 4 members (excludes halogenated alkanes) is 12. The highest BCUT2D eigenvalue weighted by Crippen LogP contribution is 2.20. The molecule has 0 amide bonds. The van der Waals surface area contributed by atoms with E-state index in [2.05, 4.69) is 6.92 Å². The summed E-state index contributed by atoms with van der Waals surface area (Å²) in [6.45, 7) is 2.28. The summed E-state index contributed by atoms with van der Waals surface area (Å²) in [4.78, 5) is 10.6. The van der Waals surface area contributed by atoms with Crippen molar-refractivity contribution in [2.24, 2.45) is 0 Å². The molecule has 0 radical (unpaired) electrons. The molecular weight excluding hydrogens is 248 g/mol. The van der Waals surface area contributed by atoms with Crippen LogP contribution in [0.25, 0.3) is 0 Å². The van der Waals surface area contributed by atoms with E-state index in [0.717, 1.165) is 6.42 Å². The van der Waals surface area contributed by atoms with Crippen molar-refractivity contribution >= 4 is 5.97 Å². The molecule has 0 bridgehead atoms. The Morgan fingerprint density at radius 2 is 1.20 bits per heavy atom. The van der Waals surface area contributed by atoms with Crippen LogP contribution in [0.2, 0.25) is 0 Å². The van der Waals surface area contributed by atoms with Crippen LogP contribution in [0.5, 0.6) is 0 Å². The number of ether oxygens (including phenoxy) is 1. The fourth-order valence-corrected chi connectivity index (χ4v) is 2.91. The Balaban J connectivity index is 1.65. The highest BCUT2D eigenvalue weighted by atomic mass is 16.6. The van der Waals surface area contributed by atoms with Crippen molar-refractivity contribution in [1.82, 2.24) is 0 Å². The van der Waals surface area contributed by atoms with Gasteiger partial charge in [-0.15, -0.1) is 0 Å². The molecular formula is C18H34O2. The van der Waals surface area contributed by atoms with Gasteiger partial charge in [0.1, 0.15) is 6.10 Å². The van der Waals surface area contributed by atoms with Crippen molar-refractivity contribution in [2.45, 2.75) is 109 Å². The quantitative estimate of drug-likeness (QED) is 0.298. The topological polar surface area (TPSA) is 26.3 Å². The first-order valence-corrected chi connectivity index (χ1v) is 9.02. The van der Waals surface area contributed by atoms with Gasteiger partial charge in [-0.2, -0.15) is 0 Å². The van der Waals surface area contributed by atoms with Crippen molar-refractivity contribution < 1.29 is 9.53 Å². The highest BCUT2D eigenvalue weighted by molar-refractivity contribution is 5.75. The van der Waals surface area contributed by atoms with Crippen molar-refractivity contribution in [1.29, 1.82) is 0 Å². The molecule has 0 aromatic carbocycles. The first-order valence-electron chi connectivity index (χ1n) is 9.02. The average Bonchev–Trinajstić information content (AvgIpc) is 2.41. The summed E-state index contributed by atoms with van der Waals surface area (Å²) < 4.78 is 5.01. The lowest BCUT2D eigenvalue weighted by molar-refractivity contribution is -0.169. The third-order valence-electron chi connectivity index (χ3n) is 4.32. The molecule has 118 valence electrons. The number of esters is 1. The minimum Gasteiger partial charge on any atom is -0.462 e. The Morgan fingerprint density at radius 1 is 0.800 bits per heavy atom. The first-order chi connectivity index (χ1) is 9.83. The summed E-state index contributed by atoms with van der Waals surface area (Å²) in [6, 6.07) is 0. The summed E-state index contributed by atoms with van der Waals surface area (Å²) in [7, 11) is 0. The molecule has 0 spiro atoms. The smallest absolute Gasteiger partial charge is 0.309 e. The molecule has 1 unspecified atom stereocenters. The molecule has 2 heteroatoms. The molecule has 0 aliphatic carbocycles. The Labute approximate surface area is 125 Å². The zero-order chi connectivity index (χ0) is 14.5. The molecule has 0 aromatic heterocycles. The summed E-state index contributed by atoms with van der Waals surface area (Å²) in [5.41, 5.74) is 0. The zero-order valence-electron chi connectivity index (χ0n) is 13.5. The van der Waals surface area contributed by atoms with E-state index in [9.17, 15) is 4.79 Å². The lowest BCUT2D eigenvalue weighted by Gasteiger charge is -2.25. The van der Waals surface area contributed by atoms with E-state index in [1.165, 1.54) is 83.5 Å². The monoisotopic (exact) mass is 282 g/mol. The number of rotatable bonds is 14. The highest BCUT2D eigenvalue weighted by Gasteiger charge is 2.27. The molecule has 1 rings (SSSR count). The molecule has 20 heavy (non-hydrogen) atoms. The summed E-state index contributed by atoms with van der Waals surface area (Å²) >= 11 is 0. The maximum Gasteiger partial charge on any atom is 0.309 e. The summed E-state index contributed by atoms with van der Waals surface area (Å²) in [5.74, 6) is -0.00954. The molecule has 1 aliphatic heterocycles. The molecule has 0 saturated carbocycles. The second kappa shape index (κ2) is 12.2. The molecule has 1 fully saturated rings. The van der Waals surface area contributed by atoms with Gasteiger partial charge in [0.15, 0.2) is 0 Å². The molecule has 1 heterocycles. The zero-order valence-corrected chi connectivity index (χ0v) is 13.5. The minimum atomic E-state index is -0.00954. The van der Waals surface area contributed by atoms with E-state index in [-0.39, 0.29) is 12.1 Å². The normalized spacial score (nSPS) is 17.9.